The molecule has 0 N–H and O–H groups in total. The van der Waals surface area contributed by atoms with E-state index in [1.165, 1.54) is 19.3 Å². The molecule has 2 nitrogen and oxygen atoms in total. The summed E-state index contributed by atoms with van der Waals surface area (Å²) < 4.78 is 5.74. The predicted molar refractivity (Wildman–Crippen MR) is 73.1 cm³/mol. The lowest BCUT2D eigenvalue weighted by Gasteiger charge is -2.22. The van der Waals surface area contributed by atoms with Gasteiger partial charge >= 0.3 is 0 Å². The highest BCUT2D eigenvalue weighted by Crippen LogP contribution is 2.30. The summed E-state index contributed by atoms with van der Waals surface area (Å²) in [6, 6.07) is 7.64. The van der Waals surface area contributed by atoms with Gasteiger partial charge < -0.3 is 4.74 Å². The number of ketones is 1. The van der Waals surface area contributed by atoms with E-state index in [1.807, 2.05) is 38.1 Å². The summed E-state index contributed by atoms with van der Waals surface area (Å²) in [5, 5.41) is 0. The molecule has 1 aliphatic carbocycles. The Labute approximate surface area is 109 Å². The number of hydrogen-bond donors (Lipinski definition) is 0. The van der Waals surface area contributed by atoms with Gasteiger partial charge in [-0.2, -0.15) is 0 Å². The Kier molecular flexibility index (Phi) is 4.40. The van der Waals surface area contributed by atoms with Gasteiger partial charge in [-0.05, 0) is 38.8 Å². The molecule has 1 aromatic rings. The van der Waals surface area contributed by atoms with Crippen LogP contribution in [0, 0.1) is 5.92 Å². The largest absolute Gasteiger partial charge is 0.490 e. The Balaban J connectivity index is 2.18. The van der Waals surface area contributed by atoms with Gasteiger partial charge in [-0.1, -0.05) is 31.4 Å². The molecule has 0 aliphatic heterocycles. The molecule has 0 spiro atoms. The van der Waals surface area contributed by atoms with Gasteiger partial charge in [0.2, 0.25) is 0 Å². The van der Waals surface area contributed by atoms with E-state index in [9.17, 15) is 4.79 Å². The number of rotatable bonds is 4. The minimum absolute atomic E-state index is 0.102. The summed E-state index contributed by atoms with van der Waals surface area (Å²) in [4.78, 5) is 12.5. The van der Waals surface area contributed by atoms with Crippen LogP contribution in [-0.2, 0) is 0 Å². The Morgan fingerprint density at radius 3 is 2.50 bits per heavy atom. The van der Waals surface area contributed by atoms with Crippen LogP contribution < -0.4 is 4.74 Å². The van der Waals surface area contributed by atoms with Crippen LogP contribution in [0.3, 0.4) is 0 Å². The zero-order chi connectivity index (χ0) is 13.0. The van der Waals surface area contributed by atoms with Crippen molar-refractivity contribution >= 4 is 5.78 Å². The van der Waals surface area contributed by atoms with E-state index < -0.39 is 0 Å². The first-order valence-electron chi connectivity index (χ1n) is 6.98. The zero-order valence-electron chi connectivity index (χ0n) is 11.3. The fourth-order valence-electron chi connectivity index (χ4n) is 2.61. The molecule has 0 amide bonds. The average Bonchev–Trinajstić information content (AvgIpc) is 2.39. The maximum absolute atomic E-state index is 12.5. The molecule has 0 aromatic heterocycles. The predicted octanol–water partition coefficient (Wildman–Crippen LogP) is 4.24. The minimum Gasteiger partial charge on any atom is -0.490 e. The summed E-state index contributed by atoms with van der Waals surface area (Å²) in [5.74, 6) is 1.21. The molecule has 1 fully saturated rings. The highest BCUT2D eigenvalue weighted by molar-refractivity contribution is 6.00. The third-order valence-corrected chi connectivity index (χ3v) is 3.49. The van der Waals surface area contributed by atoms with Crippen LogP contribution in [0.15, 0.2) is 24.3 Å². The second kappa shape index (κ2) is 6.03. The molecular formula is C16H22O2. The molecule has 0 heterocycles. The maximum Gasteiger partial charge on any atom is 0.169 e. The normalized spacial score (nSPS) is 16.8. The summed E-state index contributed by atoms with van der Waals surface area (Å²) >= 11 is 0. The number of hydrogen-bond acceptors (Lipinski definition) is 2. The summed E-state index contributed by atoms with van der Waals surface area (Å²) in [7, 11) is 0. The highest BCUT2D eigenvalue weighted by Gasteiger charge is 2.24. The Morgan fingerprint density at radius 1 is 1.17 bits per heavy atom. The van der Waals surface area contributed by atoms with E-state index in [4.69, 9.17) is 4.74 Å². The quantitative estimate of drug-likeness (QED) is 0.743. The topological polar surface area (TPSA) is 26.3 Å². The summed E-state index contributed by atoms with van der Waals surface area (Å²) in [6.45, 7) is 3.98. The van der Waals surface area contributed by atoms with Crippen LogP contribution in [0.5, 0.6) is 5.75 Å². The highest BCUT2D eigenvalue weighted by atomic mass is 16.5. The Hall–Kier alpha value is -1.31. The van der Waals surface area contributed by atoms with Gasteiger partial charge in [0, 0.05) is 5.92 Å². The first-order chi connectivity index (χ1) is 8.68. The van der Waals surface area contributed by atoms with Crippen molar-refractivity contribution in [3.05, 3.63) is 29.8 Å². The van der Waals surface area contributed by atoms with Crippen molar-refractivity contribution in [1.82, 2.24) is 0 Å². The molecule has 2 rings (SSSR count). The molecule has 1 saturated carbocycles. The number of benzene rings is 1. The van der Waals surface area contributed by atoms with Crippen LogP contribution in [0.25, 0.3) is 0 Å². The van der Waals surface area contributed by atoms with E-state index in [-0.39, 0.29) is 17.8 Å². The number of Topliss-reactive ketones (excluding diaryl/α,β-unsaturated/α-hetero) is 1. The molecule has 1 aliphatic rings. The molecule has 1 aromatic carbocycles. The lowest BCUT2D eigenvalue weighted by Crippen LogP contribution is -2.19. The SMILES string of the molecule is CC(C)Oc1ccccc1C(=O)C1CCCCC1. The van der Waals surface area contributed by atoms with Crippen LogP contribution in [0.1, 0.15) is 56.3 Å². The van der Waals surface area contributed by atoms with Gasteiger partial charge in [-0.3, -0.25) is 4.79 Å². The lowest BCUT2D eigenvalue weighted by atomic mass is 9.83. The molecular weight excluding hydrogens is 224 g/mol. The van der Waals surface area contributed by atoms with Crippen molar-refractivity contribution in [1.29, 1.82) is 0 Å². The van der Waals surface area contributed by atoms with Crippen molar-refractivity contribution in [3.8, 4) is 5.75 Å². The number of ether oxygens (including phenoxy) is 1. The molecule has 0 saturated heterocycles. The fourth-order valence-corrected chi connectivity index (χ4v) is 2.61. The zero-order valence-corrected chi connectivity index (χ0v) is 11.3. The molecule has 98 valence electrons. The van der Waals surface area contributed by atoms with Crippen molar-refractivity contribution in [2.75, 3.05) is 0 Å². The monoisotopic (exact) mass is 246 g/mol. The third kappa shape index (κ3) is 3.12. The molecule has 0 radical (unpaired) electrons. The van der Waals surface area contributed by atoms with Crippen molar-refractivity contribution in [2.24, 2.45) is 5.92 Å². The molecule has 0 atom stereocenters. The smallest absolute Gasteiger partial charge is 0.169 e. The lowest BCUT2D eigenvalue weighted by molar-refractivity contribution is 0.0883. The minimum atomic E-state index is 0.102. The van der Waals surface area contributed by atoms with Crippen molar-refractivity contribution in [2.45, 2.75) is 52.1 Å². The van der Waals surface area contributed by atoms with Gasteiger partial charge in [0.25, 0.3) is 0 Å². The van der Waals surface area contributed by atoms with E-state index in [0.29, 0.717) is 0 Å². The van der Waals surface area contributed by atoms with E-state index in [2.05, 4.69) is 0 Å². The second-order valence-electron chi connectivity index (χ2n) is 5.36. The van der Waals surface area contributed by atoms with E-state index >= 15 is 0 Å². The molecule has 0 bridgehead atoms. The van der Waals surface area contributed by atoms with Gasteiger partial charge in [0.05, 0.1) is 11.7 Å². The number of para-hydroxylation sites is 1. The standard InChI is InChI=1S/C16H22O2/c1-12(2)18-15-11-7-6-10-14(15)16(17)13-8-4-3-5-9-13/h6-7,10-13H,3-5,8-9H2,1-2H3. The van der Waals surface area contributed by atoms with Gasteiger partial charge in [-0.15, -0.1) is 0 Å². The van der Waals surface area contributed by atoms with Crippen molar-refractivity contribution < 1.29 is 9.53 Å². The average molecular weight is 246 g/mol. The van der Waals surface area contributed by atoms with Crippen LogP contribution in [0.2, 0.25) is 0 Å². The fraction of sp³-hybridized carbons (Fsp3) is 0.562. The van der Waals surface area contributed by atoms with Crippen LogP contribution in [-0.4, -0.2) is 11.9 Å². The number of carbonyl (C=O) groups is 1. The van der Waals surface area contributed by atoms with Gasteiger partial charge in [0.15, 0.2) is 5.78 Å². The van der Waals surface area contributed by atoms with Crippen LogP contribution >= 0.6 is 0 Å². The first-order valence-corrected chi connectivity index (χ1v) is 6.98. The Bertz CT molecular complexity index is 403. The third-order valence-electron chi connectivity index (χ3n) is 3.49. The van der Waals surface area contributed by atoms with Crippen molar-refractivity contribution in [3.63, 3.8) is 0 Å². The number of carbonyl (C=O) groups excluding carboxylic acids is 1. The molecule has 0 unspecified atom stereocenters. The van der Waals surface area contributed by atoms with Gasteiger partial charge in [-0.25, -0.2) is 0 Å². The summed E-state index contributed by atoms with van der Waals surface area (Å²) in [5.41, 5.74) is 0.762. The second-order valence-corrected chi connectivity index (χ2v) is 5.36. The maximum atomic E-state index is 12.5. The van der Waals surface area contributed by atoms with Crippen LogP contribution in [0.4, 0.5) is 0 Å². The van der Waals surface area contributed by atoms with E-state index in [1.54, 1.807) is 0 Å². The first kappa shape index (κ1) is 13.1. The van der Waals surface area contributed by atoms with E-state index in [0.717, 1.165) is 24.2 Å². The molecule has 2 heteroatoms. The summed E-state index contributed by atoms with van der Waals surface area (Å²) in [6.07, 6.45) is 5.82. The molecule has 18 heavy (non-hydrogen) atoms. The Morgan fingerprint density at radius 2 is 1.83 bits per heavy atom. The van der Waals surface area contributed by atoms with Gasteiger partial charge in [0.1, 0.15) is 5.75 Å².